The normalized spacial score (nSPS) is 14.1. The molecule has 3 amide bonds. The molecule has 3 aromatic rings. The van der Waals surface area contributed by atoms with Crippen molar-refractivity contribution in [2.45, 2.75) is 72.0 Å². The van der Waals surface area contributed by atoms with Crippen LogP contribution in [0, 0.1) is 6.92 Å². The van der Waals surface area contributed by atoms with Gasteiger partial charge in [-0.1, -0.05) is 67.9 Å². The van der Waals surface area contributed by atoms with E-state index in [1.165, 1.54) is 0 Å². The average molecular weight is 500 g/mol. The van der Waals surface area contributed by atoms with Crippen LogP contribution in [-0.2, 0) is 16.1 Å². The van der Waals surface area contributed by atoms with E-state index in [0.29, 0.717) is 31.5 Å². The van der Waals surface area contributed by atoms with E-state index in [1.807, 2.05) is 88.4 Å². The van der Waals surface area contributed by atoms with Gasteiger partial charge in [0.1, 0.15) is 6.04 Å². The summed E-state index contributed by atoms with van der Waals surface area (Å²) in [5.41, 5.74) is 3.76. The molecule has 0 fully saturated rings. The van der Waals surface area contributed by atoms with Gasteiger partial charge < -0.3 is 15.1 Å². The van der Waals surface area contributed by atoms with Crippen LogP contribution in [0.1, 0.15) is 67.9 Å². The molecule has 0 bridgehead atoms. The van der Waals surface area contributed by atoms with Crippen molar-refractivity contribution in [1.29, 1.82) is 0 Å². The summed E-state index contributed by atoms with van der Waals surface area (Å²) < 4.78 is 0. The fourth-order valence-corrected chi connectivity index (χ4v) is 4.98. The number of hydrogen-bond acceptors (Lipinski definition) is 3. The third kappa shape index (κ3) is 5.68. The zero-order valence-electron chi connectivity index (χ0n) is 22.3. The molecular weight excluding hydrogens is 462 g/mol. The van der Waals surface area contributed by atoms with Gasteiger partial charge in [0.15, 0.2) is 0 Å². The standard InChI is InChI=1S/C31H37N3O3/c1-5-22(4)32-30(36)26(6-2)34(20-23-17-15-21(3)16-18-23)28(35)14-9-19-33-27-13-8-11-24-10-7-12-25(29(24)27)31(33)37/h7-8,10-13,15-18,22,26H,5-6,9,14,19-20H2,1-4H3,(H,32,36)/t22-,26+/m0/s1. The molecule has 1 aliphatic rings. The molecule has 1 heterocycles. The fraction of sp³-hybridized carbons (Fsp3) is 0.387. The molecule has 6 nitrogen and oxygen atoms in total. The molecule has 1 N–H and O–H groups in total. The number of anilines is 1. The van der Waals surface area contributed by atoms with Crippen molar-refractivity contribution < 1.29 is 14.4 Å². The maximum absolute atomic E-state index is 13.6. The van der Waals surface area contributed by atoms with Gasteiger partial charge in [-0.2, -0.15) is 0 Å². The van der Waals surface area contributed by atoms with Crippen LogP contribution in [-0.4, -0.2) is 41.2 Å². The van der Waals surface area contributed by atoms with Crippen LogP contribution in [0.4, 0.5) is 5.69 Å². The summed E-state index contributed by atoms with van der Waals surface area (Å²) in [4.78, 5) is 43.3. The zero-order chi connectivity index (χ0) is 26.5. The lowest BCUT2D eigenvalue weighted by molar-refractivity contribution is -0.141. The Labute approximate surface area is 219 Å². The molecule has 0 saturated heterocycles. The molecule has 0 aliphatic carbocycles. The minimum atomic E-state index is -0.547. The van der Waals surface area contributed by atoms with Crippen molar-refractivity contribution in [2.24, 2.45) is 0 Å². The van der Waals surface area contributed by atoms with Crippen LogP contribution >= 0.6 is 0 Å². The molecule has 37 heavy (non-hydrogen) atoms. The number of carbonyl (C=O) groups is 3. The van der Waals surface area contributed by atoms with E-state index in [2.05, 4.69) is 5.32 Å². The summed E-state index contributed by atoms with van der Waals surface area (Å²) in [7, 11) is 0. The van der Waals surface area contributed by atoms with Gasteiger partial charge >= 0.3 is 0 Å². The predicted octanol–water partition coefficient (Wildman–Crippen LogP) is 5.61. The summed E-state index contributed by atoms with van der Waals surface area (Å²) in [5, 5.41) is 5.08. The molecule has 0 radical (unpaired) electrons. The summed E-state index contributed by atoms with van der Waals surface area (Å²) in [6, 6.07) is 19.3. The predicted molar refractivity (Wildman–Crippen MR) is 149 cm³/mol. The Bertz CT molecular complexity index is 1280. The summed E-state index contributed by atoms with van der Waals surface area (Å²) >= 11 is 0. The van der Waals surface area contributed by atoms with Crippen LogP contribution in [0.25, 0.3) is 10.8 Å². The Morgan fingerprint density at radius 1 is 0.973 bits per heavy atom. The van der Waals surface area contributed by atoms with Gasteiger partial charge in [-0.3, -0.25) is 14.4 Å². The van der Waals surface area contributed by atoms with Crippen LogP contribution < -0.4 is 10.2 Å². The van der Waals surface area contributed by atoms with Gasteiger partial charge in [-0.15, -0.1) is 0 Å². The number of nitrogens with zero attached hydrogens (tertiary/aromatic N) is 2. The van der Waals surface area contributed by atoms with E-state index in [1.54, 1.807) is 9.80 Å². The first-order valence-electron chi connectivity index (χ1n) is 13.3. The Balaban J connectivity index is 1.48. The molecule has 4 rings (SSSR count). The molecular formula is C31H37N3O3. The van der Waals surface area contributed by atoms with E-state index >= 15 is 0 Å². The van der Waals surface area contributed by atoms with E-state index < -0.39 is 6.04 Å². The number of hydrogen-bond donors (Lipinski definition) is 1. The molecule has 0 spiro atoms. The zero-order valence-corrected chi connectivity index (χ0v) is 22.3. The van der Waals surface area contributed by atoms with Crippen LogP contribution in [0.5, 0.6) is 0 Å². The second kappa shape index (κ2) is 11.6. The van der Waals surface area contributed by atoms with Gasteiger partial charge in [0.05, 0.1) is 5.69 Å². The highest BCUT2D eigenvalue weighted by atomic mass is 16.2. The fourth-order valence-electron chi connectivity index (χ4n) is 4.98. The number of amides is 3. The second-order valence-corrected chi connectivity index (χ2v) is 9.99. The van der Waals surface area contributed by atoms with Gasteiger partial charge in [0.25, 0.3) is 5.91 Å². The first-order valence-corrected chi connectivity index (χ1v) is 13.3. The lowest BCUT2D eigenvalue weighted by atomic mass is 10.1. The molecule has 6 heteroatoms. The molecule has 194 valence electrons. The molecule has 0 unspecified atom stereocenters. The maximum atomic E-state index is 13.6. The van der Waals surface area contributed by atoms with Gasteiger partial charge in [-0.25, -0.2) is 0 Å². The van der Waals surface area contributed by atoms with Crippen molar-refractivity contribution in [3.63, 3.8) is 0 Å². The monoisotopic (exact) mass is 499 g/mol. The summed E-state index contributed by atoms with van der Waals surface area (Å²) in [6.07, 6.45) is 2.13. The van der Waals surface area contributed by atoms with Crippen molar-refractivity contribution in [3.8, 4) is 0 Å². The molecule has 2 atom stereocenters. The van der Waals surface area contributed by atoms with Crippen LogP contribution in [0.3, 0.4) is 0 Å². The highest BCUT2D eigenvalue weighted by molar-refractivity contribution is 6.25. The first kappa shape index (κ1) is 26.4. The third-order valence-corrected chi connectivity index (χ3v) is 7.28. The topological polar surface area (TPSA) is 69.7 Å². The smallest absolute Gasteiger partial charge is 0.258 e. The van der Waals surface area contributed by atoms with E-state index in [-0.39, 0.29) is 30.2 Å². The van der Waals surface area contributed by atoms with Crippen LogP contribution in [0.2, 0.25) is 0 Å². The van der Waals surface area contributed by atoms with Crippen molar-refractivity contribution in [2.75, 3.05) is 11.4 Å². The second-order valence-electron chi connectivity index (χ2n) is 9.99. The van der Waals surface area contributed by atoms with E-state index in [4.69, 9.17) is 0 Å². The van der Waals surface area contributed by atoms with Gasteiger partial charge in [-0.05, 0) is 56.2 Å². The molecule has 0 aromatic heterocycles. The minimum absolute atomic E-state index is 0.0184. The lowest BCUT2D eigenvalue weighted by Gasteiger charge is -2.32. The molecule has 0 saturated carbocycles. The van der Waals surface area contributed by atoms with Crippen LogP contribution in [0.15, 0.2) is 60.7 Å². The average Bonchev–Trinajstić information content (AvgIpc) is 3.17. The van der Waals surface area contributed by atoms with E-state index in [0.717, 1.165) is 34.0 Å². The van der Waals surface area contributed by atoms with Gasteiger partial charge in [0, 0.05) is 36.5 Å². The Hall–Kier alpha value is -3.67. The number of benzene rings is 3. The van der Waals surface area contributed by atoms with E-state index in [9.17, 15) is 14.4 Å². The highest BCUT2D eigenvalue weighted by Gasteiger charge is 2.31. The largest absolute Gasteiger partial charge is 0.352 e. The number of rotatable bonds is 11. The first-order chi connectivity index (χ1) is 17.8. The summed E-state index contributed by atoms with van der Waals surface area (Å²) in [6.45, 7) is 8.80. The third-order valence-electron chi connectivity index (χ3n) is 7.28. The Kier molecular flexibility index (Phi) is 8.27. The quantitative estimate of drug-likeness (QED) is 0.373. The lowest BCUT2D eigenvalue weighted by Crippen LogP contribution is -2.50. The van der Waals surface area contributed by atoms with Crippen molar-refractivity contribution in [3.05, 3.63) is 77.4 Å². The molecule has 3 aromatic carbocycles. The molecule has 1 aliphatic heterocycles. The number of aryl methyl sites for hydroxylation is 1. The van der Waals surface area contributed by atoms with Crippen molar-refractivity contribution in [1.82, 2.24) is 10.2 Å². The van der Waals surface area contributed by atoms with Gasteiger partial charge in [0.2, 0.25) is 11.8 Å². The Morgan fingerprint density at radius 2 is 1.68 bits per heavy atom. The SMILES string of the molecule is CC[C@H](C(=O)N[C@@H](C)CC)N(Cc1ccc(C)cc1)C(=O)CCCN1C(=O)c2cccc3cccc1c23. The van der Waals surface area contributed by atoms with Crippen molar-refractivity contribution >= 4 is 34.2 Å². The minimum Gasteiger partial charge on any atom is -0.352 e. The Morgan fingerprint density at radius 3 is 2.35 bits per heavy atom. The summed E-state index contributed by atoms with van der Waals surface area (Å²) in [5.74, 6) is -0.210. The maximum Gasteiger partial charge on any atom is 0.258 e. The number of nitrogens with one attached hydrogen (secondary N) is 1. The number of carbonyl (C=O) groups excluding carboxylic acids is 3. The highest BCUT2D eigenvalue weighted by Crippen LogP contribution is 2.37.